The Morgan fingerprint density at radius 3 is 1.45 bits per heavy atom. The van der Waals surface area contributed by atoms with Crippen LogP contribution in [0.3, 0.4) is 0 Å². The first kappa shape index (κ1) is 32.9. The van der Waals surface area contributed by atoms with Crippen LogP contribution in [-0.2, 0) is 18.9 Å². The van der Waals surface area contributed by atoms with Gasteiger partial charge in [0.1, 0.15) is 0 Å². The summed E-state index contributed by atoms with van der Waals surface area (Å²) in [5.74, 6) is -2.37. The molecule has 0 N–H and O–H groups in total. The summed E-state index contributed by atoms with van der Waals surface area (Å²) >= 11 is 11.8. The Kier molecular flexibility index (Phi) is 13.3. The molecule has 0 aliphatic rings. The standard InChI is InChI=1S/2C14H17ClO4/c1-8(2)18-13(16)11-6-5-10(15)7-12(11)14(17)19-9(3)4;1-8(2)18-13(16)10-6-5-7-11(15)12(10)14(17)19-9(3)4/h2*5-9H,1-4H3. The second-order valence-corrected chi connectivity index (χ2v) is 10.0. The first-order valence-corrected chi connectivity index (χ1v) is 12.8. The summed E-state index contributed by atoms with van der Waals surface area (Å²) in [6.45, 7) is 13.8. The van der Waals surface area contributed by atoms with Crippen LogP contribution >= 0.6 is 23.2 Å². The van der Waals surface area contributed by atoms with Crippen molar-refractivity contribution >= 4 is 47.1 Å². The van der Waals surface area contributed by atoms with Crippen LogP contribution in [0.1, 0.15) is 96.8 Å². The van der Waals surface area contributed by atoms with E-state index in [-0.39, 0.29) is 51.7 Å². The number of hydrogen-bond donors (Lipinski definition) is 0. The summed E-state index contributed by atoms with van der Waals surface area (Å²) in [5, 5.41) is 0.528. The van der Waals surface area contributed by atoms with Gasteiger partial charge in [-0.25, -0.2) is 19.2 Å². The van der Waals surface area contributed by atoms with Gasteiger partial charge in [-0.3, -0.25) is 0 Å². The van der Waals surface area contributed by atoms with E-state index in [9.17, 15) is 19.2 Å². The van der Waals surface area contributed by atoms with E-state index in [2.05, 4.69) is 0 Å². The zero-order valence-corrected chi connectivity index (χ0v) is 24.3. The zero-order valence-electron chi connectivity index (χ0n) is 22.8. The minimum absolute atomic E-state index is 0.0449. The molecule has 0 aliphatic carbocycles. The average Bonchev–Trinajstić information content (AvgIpc) is 2.77. The lowest BCUT2D eigenvalue weighted by molar-refractivity contribution is 0.0328. The van der Waals surface area contributed by atoms with E-state index in [1.165, 1.54) is 30.3 Å². The van der Waals surface area contributed by atoms with Crippen molar-refractivity contribution in [3.05, 3.63) is 68.7 Å². The van der Waals surface area contributed by atoms with Crippen molar-refractivity contribution in [2.24, 2.45) is 0 Å². The molecule has 2 aromatic carbocycles. The smallest absolute Gasteiger partial charge is 0.340 e. The van der Waals surface area contributed by atoms with Gasteiger partial charge in [-0.15, -0.1) is 0 Å². The Morgan fingerprint density at radius 2 is 0.974 bits per heavy atom. The van der Waals surface area contributed by atoms with E-state index in [0.717, 1.165) is 0 Å². The molecule has 38 heavy (non-hydrogen) atoms. The van der Waals surface area contributed by atoms with Crippen LogP contribution in [0.5, 0.6) is 0 Å². The third kappa shape index (κ3) is 10.7. The van der Waals surface area contributed by atoms with Crippen LogP contribution in [0, 0.1) is 0 Å². The third-order valence-corrected chi connectivity index (χ3v) is 4.78. The van der Waals surface area contributed by atoms with Crippen LogP contribution < -0.4 is 0 Å². The van der Waals surface area contributed by atoms with Gasteiger partial charge in [0, 0.05) is 5.02 Å². The lowest BCUT2D eigenvalue weighted by Gasteiger charge is -2.14. The Morgan fingerprint density at radius 1 is 0.553 bits per heavy atom. The second kappa shape index (κ2) is 15.3. The van der Waals surface area contributed by atoms with Crippen LogP contribution in [0.15, 0.2) is 36.4 Å². The third-order valence-electron chi connectivity index (χ3n) is 4.23. The van der Waals surface area contributed by atoms with Crippen molar-refractivity contribution in [1.29, 1.82) is 0 Å². The van der Waals surface area contributed by atoms with Crippen LogP contribution in [0.25, 0.3) is 0 Å². The van der Waals surface area contributed by atoms with Crippen LogP contribution in [-0.4, -0.2) is 48.3 Å². The lowest BCUT2D eigenvalue weighted by atomic mass is 10.1. The Balaban J connectivity index is 0.000000380. The summed E-state index contributed by atoms with van der Waals surface area (Å²) in [7, 11) is 0. The highest BCUT2D eigenvalue weighted by molar-refractivity contribution is 6.34. The molecule has 0 heterocycles. The molecule has 0 saturated heterocycles. The number of rotatable bonds is 8. The van der Waals surface area contributed by atoms with E-state index < -0.39 is 23.9 Å². The predicted octanol–water partition coefficient (Wildman–Crippen LogP) is 6.94. The van der Waals surface area contributed by atoms with Gasteiger partial charge in [-0.05, 0) is 85.7 Å². The van der Waals surface area contributed by atoms with Gasteiger partial charge in [-0.1, -0.05) is 29.3 Å². The average molecular weight is 569 g/mol. The number of carbonyl (C=O) groups is 4. The summed E-state index contributed by atoms with van der Waals surface area (Å²) in [5.41, 5.74) is 0.436. The largest absolute Gasteiger partial charge is 0.459 e. The SMILES string of the molecule is CC(C)OC(=O)c1ccc(Cl)cc1C(=O)OC(C)C.CC(C)OC(=O)c1cccc(Cl)c1C(=O)OC(C)C. The van der Waals surface area contributed by atoms with E-state index in [1.807, 2.05) is 0 Å². The molecule has 0 atom stereocenters. The molecule has 0 saturated carbocycles. The summed E-state index contributed by atoms with van der Waals surface area (Å²) in [6, 6.07) is 9.02. The number of halogens is 2. The first-order chi connectivity index (χ1) is 17.6. The van der Waals surface area contributed by atoms with Crippen LogP contribution in [0.2, 0.25) is 10.0 Å². The van der Waals surface area contributed by atoms with Crippen molar-refractivity contribution in [2.45, 2.75) is 79.8 Å². The van der Waals surface area contributed by atoms with Gasteiger partial charge in [0.25, 0.3) is 0 Å². The molecule has 0 aliphatic heterocycles. The Hall–Kier alpha value is -3.10. The van der Waals surface area contributed by atoms with Crippen molar-refractivity contribution in [1.82, 2.24) is 0 Å². The molecule has 10 heteroatoms. The summed E-state index contributed by atoms with van der Waals surface area (Å²) < 4.78 is 20.3. The normalized spacial score (nSPS) is 10.7. The fourth-order valence-corrected chi connectivity index (χ4v) is 3.29. The van der Waals surface area contributed by atoms with Crippen molar-refractivity contribution in [3.8, 4) is 0 Å². The molecule has 0 radical (unpaired) electrons. The highest BCUT2D eigenvalue weighted by Gasteiger charge is 2.24. The molecule has 8 nitrogen and oxygen atoms in total. The molecule has 208 valence electrons. The Labute approximate surface area is 233 Å². The van der Waals surface area contributed by atoms with E-state index in [0.29, 0.717) is 5.02 Å². The lowest BCUT2D eigenvalue weighted by Crippen LogP contribution is -2.19. The number of hydrogen-bond acceptors (Lipinski definition) is 8. The van der Waals surface area contributed by atoms with E-state index in [4.69, 9.17) is 42.1 Å². The zero-order chi connectivity index (χ0) is 29.2. The fraction of sp³-hybridized carbons (Fsp3) is 0.429. The molecule has 0 aromatic heterocycles. The van der Waals surface area contributed by atoms with E-state index in [1.54, 1.807) is 61.5 Å². The van der Waals surface area contributed by atoms with Gasteiger partial charge in [0.2, 0.25) is 0 Å². The maximum Gasteiger partial charge on any atom is 0.340 e. The molecular formula is C28H34Cl2O8. The Bertz CT molecular complexity index is 1120. The molecule has 0 bridgehead atoms. The summed E-state index contributed by atoms with van der Waals surface area (Å²) in [6.07, 6.45) is -1.12. The minimum Gasteiger partial charge on any atom is -0.459 e. The number of ether oxygens (including phenoxy) is 4. The van der Waals surface area contributed by atoms with Crippen molar-refractivity contribution in [3.63, 3.8) is 0 Å². The molecule has 2 rings (SSSR count). The second-order valence-electron chi connectivity index (χ2n) is 9.17. The van der Waals surface area contributed by atoms with Gasteiger partial charge in [-0.2, -0.15) is 0 Å². The van der Waals surface area contributed by atoms with E-state index >= 15 is 0 Å². The van der Waals surface area contributed by atoms with Crippen molar-refractivity contribution in [2.75, 3.05) is 0 Å². The minimum atomic E-state index is -0.628. The predicted molar refractivity (Wildman–Crippen MR) is 145 cm³/mol. The number of carbonyl (C=O) groups excluding carboxylic acids is 4. The maximum absolute atomic E-state index is 12.0. The monoisotopic (exact) mass is 568 g/mol. The molecule has 2 aromatic rings. The topological polar surface area (TPSA) is 105 Å². The van der Waals surface area contributed by atoms with Gasteiger partial charge >= 0.3 is 23.9 Å². The molecule has 0 spiro atoms. The molecular weight excluding hydrogens is 535 g/mol. The number of esters is 4. The highest BCUT2D eigenvalue weighted by Crippen LogP contribution is 2.23. The van der Waals surface area contributed by atoms with Gasteiger partial charge in [0.05, 0.1) is 51.7 Å². The molecule has 0 fully saturated rings. The van der Waals surface area contributed by atoms with Crippen LogP contribution in [0.4, 0.5) is 0 Å². The van der Waals surface area contributed by atoms with Gasteiger partial charge in [0.15, 0.2) is 0 Å². The quantitative estimate of drug-likeness (QED) is 0.249. The highest BCUT2D eigenvalue weighted by atomic mass is 35.5. The molecule has 0 unspecified atom stereocenters. The molecule has 0 amide bonds. The fourth-order valence-electron chi connectivity index (χ4n) is 2.87. The first-order valence-electron chi connectivity index (χ1n) is 12.1. The number of benzene rings is 2. The van der Waals surface area contributed by atoms with Crippen molar-refractivity contribution < 1.29 is 38.1 Å². The maximum atomic E-state index is 12.0. The summed E-state index contributed by atoms with van der Waals surface area (Å²) in [4.78, 5) is 47.7. The van der Waals surface area contributed by atoms with Gasteiger partial charge < -0.3 is 18.9 Å².